The molecule has 0 fully saturated rings. The molecule has 0 radical (unpaired) electrons. The van der Waals surface area contributed by atoms with E-state index in [1.165, 1.54) is 0 Å². The first-order valence-electron chi connectivity index (χ1n) is 6.75. The number of benzene rings is 1. The Kier molecular flexibility index (Phi) is 4.00. The highest BCUT2D eigenvalue weighted by Crippen LogP contribution is 2.36. The SMILES string of the molecule is CCNC1CC(C)CCc2c(F)cc(F)c(C)c21. The van der Waals surface area contributed by atoms with Gasteiger partial charge in [-0.2, -0.15) is 0 Å². The number of hydrogen-bond donors (Lipinski definition) is 1. The fourth-order valence-corrected chi connectivity index (χ4v) is 2.98. The number of hydrogen-bond acceptors (Lipinski definition) is 1. The molecule has 0 heterocycles. The van der Waals surface area contributed by atoms with Crippen LogP contribution in [0.3, 0.4) is 0 Å². The highest BCUT2D eigenvalue weighted by Gasteiger charge is 2.27. The predicted molar refractivity (Wildman–Crippen MR) is 69.6 cm³/mol. The Balaban J connectivity index is 2.54. The van der Waals surface area contributed by atoms with Crippen LogP contribution in [0.25, 0.3) is 0 Å². The van der Waals surface area contributed by atoms with Crippen LogP contribution in [0.5, 0.6) is 0 Å². The summed E-state index contributed by atoms with van der Waals surface area (Å²) in [6.45, 7) is 6.78. The zero-order chi connectivity index (χ0) is 13.3. The van der Waals surface area contributed by atoms with E-state index in [0.717, 1.165) is 31.0 Å². The molecule has 1 aromatic carbocycles. The number of fused-ring (bicyclic) bond motifs is 1. The summed E-state index contributed by atoms with van der Waals surface area (Å²) >= 11 is 0. The van der Waals surface area contributed by atoms with Crippen LogP contribution in [0.15, 0.2) is 6.07 Å². The molecule has 0 saturated heterocycles. The van der Waals surface area contributed by atoms with E-state index in [1.807, 2.05) is 6.92 Å². The third-order valence-electron chi connectivity index (χ3n) is 3.95. The van der Waals surface area contributed by atoms with Crippen molar-refractivity contribution in [1.82, 2.24) is 5.32 Å². The Morgan fingerprint density at radius 2 is 2.06 bits per heavy atom. The molecule has 1 aliphatic carbocycles. The summed E-state index contributed by atoms with van der Waals surface area (Å²) in [6, 6.07) is 1.11. The number of halogens is 2. The molecule has 1 aliphatic rings. The molecule has 0 spiro atoms. The first kappa shape index (κ1) is 13.5. The Bertz CT molecular complexity index is 443. The van der Waals surface area contributed by atoms with E-state index < -0.39 is 5.82 Å². The second-order valence-electron chi connectivity index (χ2n) is 5.35. The van der Waals surface area contributed by atoms with E-state index in [1.54, 1.807) is 6.92 Å². The number of rotatable bonds is 2. The largest absolute Gasteiger partial charge is 0.310 e. The summed E-state index contributed by atoms with van der Waals surface area (Å²) < 4.78 is 27.7. The Morgan fingerprint density at radius 1 is 1.33 bits per heavy atom. The van der Waals surface area contributed by atoms with Gasteiger partial charge in [-0.1, -0.05) is 13.8 Å². The van der Waals surface area contributed by atoms with Gasteiger partial charge in [-0.3, -0.25) is 0 Å². The molecule has 100 valence electrons. The van der Waals surface area contributed by atoms with Crippen LogP contribution in [0.1, 0.15) is 49.4 Å². The first-order valence-corrected chi connectivity index (χ1v) is 6.75. The van der Waals surface area contributed by atoms with Crippen molar-refractivity contribution in [2.45, 2.75) is 46.1 Å². The molecule has 2 atom stereocenters. The minimum absolute atomic E-state index is 0.0766. The van der Waals surface area contributed by atoms with Gasteiger partial charge in [0.15, 0.2) is 0 Å². The molecule has 0 bridgehead atoms. The fourth-order valence-electron chi connectivity index (χ4n) is 2.98. The fraction of sp³-hybridized carbons (Fsp3) is 0.600. The highest BCUT2D eigenvalue weighted by atomic mass is 19.1. The molecular weight excluding hydrogens is 232 g/mol. The predicted octanol–water partition coefficient (Wildman–Crippen LogP) is 3.90. The molecule has 1 N–H and O–H groups in total. The molecule has 0 saturated carbocycles. The van der Waals surface area contributed by atoms with Gasteiger partial charge in [-0.05, 0) is 55.3 Å². The second-order valence-corrected chi connectivity index (χ2v) is 5.35. The van der Waals surface area contributed by atoms with Crippen molar-refractivity contribution in [2.75, 3.05) is 6.54 Å². The van der Waals surface area contributed by atoms with Gasteiger partial charge in [0.2, 0.25) is 0 Å². The first-order chi connectivity index (χ1) is 8.54. The maximum Gasteiger partial charge on any atom is 0.129 e. The third kappa shape index (κ3) is 2.41. The third-order valence-corrected chi connectivity index (χ3v) is 3.95. The Morgan fingerprint density at radius 3 is 2.72 bits per heavy atom. The second kappa shape index (κ2) is 5.35. The summed E-state index contributed by atoms with van der Waals surface area (Å²) in [7, 11) is 0. The minimum atomic E-state index is -0.427. The van der Waals surface area contributed by atoms with E-state index in [9.17, 15) is 8.78 Å². The van der Waals surface area contributed by atoms with E-state index >= 15 is 0 Å². The molecule has 1 aromatic rings. The van der Waals surface area contributed by atoms with Gasteiger partial charge >= 0.3 is 0 Å². The Hall–Kier alpha value is -0.960. The van der Waals surface area contributed by atoms with Crippen molar-refractivity contribution in [2.24, 2.45) is 5.92 Å². The summed E-state index contributed by atoms with van der Waals surface area (Å²) in [4.78, 5) is 0. The van der Waals surface area contributed by atoms with Crippen molar-refractivity contribution < 1.29 is 8.78 Å². The molecule has 2 unspecified atom stereocenters. The van der Waals surface area contributed by atoms with Crippen LogP contribution < -0.4 is 5.32 Å². The average Bonchev–Trinajstić information content (AvgIpc) is 2.47. The lowest BCUT2D eigenvalue weighted by Crippen LogP contribution is -2.24. The van der Waals surface area contributed by atoms with Crippen molar-refractivity contribution in [1.29, 1.82) is 0 Å². The molecular formula is C15H21F2N. The maximum atomic E-state index is 14.0. The van der Waals surface area contributed by atoms with Crippen LogP contribution in [0.4, 0.5) is 8.78 Å². The summed E-state index contributed by atoms with van der Waals surface area (Å²) in [5, 5.41) is 3.37. The van der Waals surface area contributed by atoms with Gasteiger partial charge in [0, 0.05) is 12.1 Å². The van der Waals surface area contributed by atoms with Crippen LogP contribution in [0, 0.1) is 24.5 Å². The van der Waals surface area contributed by atoms with Crippen LogP contribution in [-0.4, -0.2) is 6.54 Å². The van der Waals surface area contributed by atoms with E-state index in [2.05, 4.69) is 12.2 Å². The molecule has 3 heteroatoms. The van der Waals surface area contributed by atoms with E-state index in [-0.39, 0.29) is 11.9 Å². The number of nitrogens with one attached hydrogen (secondary N) is 1. The summed E-state index contributed by atoms with van der Waals surface area (Å²) in [6.07, 6.45) is 2.63. The minimum Gasteiger partial charge on any atom is -0.310 e. The molecule has 0 aliphatic heterocycles. The Labute approximate surface area is 108 Å². The lowest BCUT2D eigenvalue weighted by atomic mass is 9.92. The van der Waals surface area contributed by atoms with Crippen LogP contribution in [0.2, 0.25) is 0 Å². The maximum absolute atomic E-state index is 14.0. The molecule has 18 heavy (non-hydrogen) atoms. The lowest BCUT2D eigenvalue weighted by molar-refractivity contribution is 0.413. The smallest absolute Gasteiger partial charge is 0.129 e. The lowest BCUT2D eigenvalue weighted by Gasteiger charge is -2.23. The normalized spacial score (nSPS) is 23.6. The molecule has 2 rings (SSSR count). The summed E-state index contributed by atoms with van der Waals surface area (Å²) in [5.74, 6) is -0.280. The van der Waals surface area contributed by atoms with Crippen molar-refractivity contribution in [3.63, 3.8) is 0 Å². The monoisotopic (exact) mass is 253 g/mol. The summed E-state index contributed by atoms with van der Waals surface area (Å²) in [5.41, 5.74) is 2.18. The van der Waals surface area contributed by atoms with Crippen LogP contribution >= 0.6 is 0 Å². The van der Waals surface area contributed by atoms with Crippen molar-refractivity contribution in [3.8, 4) is 0 Å². The highest BCUT2D eigenvalue weighted by molar-refractivity contribution is 5.40. The molecule has 0 aromatic heterocycles. The zero-order valence-electron chi connectivity index (χ0n) is 11.3. The molecule has 0 amide bonds. The quantitative estimate of drug-likeness (QED) is 0.788. The van der Waals surface area contributed by atoms with Gasteiger partial charge < -0.3 is 5.32 Å². The standard InChI is InChI=1S/C15H21F2N/c1-4-18-14-7-9(2)5-6-11-13(17)8-12(16)10(3)15(11)14/h8-9,14,18H,4-7H2,1-3H3. The van der Waals surface area contributed by atoms with Crippen LogP contribution in [-0.2, 0) is 6.42 Å². The van der Waals surface area contributed by atoms with Gasteiger partial charge in [-0.25, -0.2) is 8.78 Å². The van der Waals surface area contributed by atoms with Crippen molar-refractivity contribution in [3.05, 3.63) is 34.4 Å². The van der Waals surface area contributed by atoms with Gasteiger partial charge in [0.1, 0.15) is 11.6 Å². The average molecular weight is 253 g/mol. The topological polar surface area (TPSA) is 12.0 Å². The van der Waals surface area contributed by atoms with E-state index in [4.69, 9.17) is 0 Å². The molecule has 1 nitrogen and oxygen atoms in total. The van der Waals surface area contributed by atoms with Gasteiger partial charge in [-0.15, -0.1) is 0 Å². The van der Waals surface area contributed by atoms with Crippen molar-refractivity contribution >= 4 is 0 Å². The zero-order valence-corrected chi connectivity index (χ0v) is 11.3. The van der Waals surface area contributed by atoms with E-state index in [0.29, 0.717) is 23.5 Å². The van der Waals surface area contributed by atoms with Gasteiger partial charge in [0.05, 0.1) is 0 Å². The van der Waals surface area contributed by atoms with Gasteiger partial charge in [0.25, 0.3) is 0 Å².